The summed E-state index contributed by atoms with van der Waals surface area (Å²) >= 11 is 3.34. The topological polar surface area (TPSA) is 132 Å². The summed E-state index contributed by atoms with van der Waals surface area (Å²) in [4.78, 5) is 23.4. The number of carbonyl (C=O) groups excluding carboxylic acids is 2. The van der Waals surface area contributed by atoms with Crippen LogP contribution in [0.5, 0.6) is 5.75 Å². The molecule has 2 rings (SSSR count). The van der Waals surface area contributed by atoms with Crippen LogP contribution in [0.2, 0.25) is 0 Å². The van der Waals surface area contributed by atoms with Gasteiger partial charge in [-0.2, -0.15) is 5.26 Å². The van der Waals surface area contributed by atoms with Crippen LogP contribution in [0.3, 0.4) is 0 Å². The van der Waals surface area contributed by atoms with E-state index in [2.05, 4.69) is 21.2 Å². The molecule has 30 heavy (non-hydrogen) atoms. The van der Waals surface area contributed by atoms with E-state index < -0.39 is 18.1 Å². The van der Waals surface area contributed by atoms with Gasteiger partial charge in [0, 0.05) is 21.8 Å². The fourth-order valence-electron chi connectivity index (χ4n) is 2.61. The Morgan fingerprint density at radius 1 is 1.23 bits per heavy atom. The van der Waals surface area contributed by atoms with Gasteiger partial charge in [-0.25, -0.2) is 10.3 Å². The molecule has 0 aliphatic heterocycles. The molecule has 0 aliphatic carbocycles. The fraction of sp³-hybridized carbons (Fsp3) is 0.190. The summed E-state index contributed by atoms with van der Waals surface area (Å²) in [6, 6.07) is 13.2. The molecule has 2 aromatic carbocycles. The first-order valence-corrected chi connectivity index (χ1v) is 9.79. The first-order valence-electron chi connectivity index (χ1n) is 8.99. The molecule has 0 bridgehead atoms. The minimum Gasteiger partial charge on any atom is -0.508 e. The maximum absolute atomic E-state index is 12.4. The van der Waals surface area contributed by atoms with Crippen molar-refractivity contribution < 1.29 is 24.6 Å². The number of unbranched alkanes of at least 4 members (excludes halogenated alkanes) is 1. The van der Waals surface area contributed by atoms with Gasteiger partial charge < -0.3 is 9.84 Å². The summed E-state index contributed by atoms with van der Waals surface area (Å²) in [7, 11) is 0. The number of aromatic hydroxyl groups is 1. The number of benzene rings is 2. The number of nitrogens with zero attached hydrogens (tertiary/aromatic N) is 1. The second kappa shape index (κ2) is 11.6. The Balaban J connectivity index is 2.07. The van der Waals surface area contributed by atoms with Gasteiger partial charge in [-0.1, -0.05) is 22.0 Å². The SMILES string of the molecule is N#Cc1ccc(NC(=O)O[C@H](CCC/C=C/C(=O)NO)c2cc(Br)ccc2O)cc1. The maximum Gasteiger partial charge on any atom is 0.412 e. The molecule has 1 atom stereocenters. The van der Waals surface area contributed by atoms with Crippen molar-refractivity contribution in [1.82, 2.24) is 5.48 Å². The Morgan fingerprint density at radius 3 is 2.63 bits per heavy atom. The van der Waals surface area contributed by atoms with Gasteiger partial charge in [-0.3, -0.25) is 15.3 Å². The van der Waals surface area contributed by atoms with Crippen LogP contribution in [-0.4, -0.2) is 22.3 Å². The number of nitrogens with one attached hydrogen (secondary N) is 2. The molecule has 0 heterocycles. The number of halogens is 1. The number of rotatable bonds is 8. The van der Waals surface area contributed by atoms with Crippen LogP contribution < -0.4 is 10.8 Å². The van der Waals surface area contributed by atoms with Gasteiger partial charge in [0.25, 0.3) is 5.91 Å². The Morgan fingerprint density at radius 2 is 1.97 bits per heavy atom. The zero-order valence-corrected chi connectivity index (χ0v) is 17.4. The van der Waals surface area contributed by atoms with E-state index in [4.69, 9.17) is 15.2 Å². The normalized spacial score (nSPS) is 11.5. The average molecular weight is 474 g/mol. The van der Waals surface area contributed by atoms with Crippen LogP contribution in [0.1, 0.15) is 36.5 Å². The highest BCUT2D eigenvalue weighted by Gasteiger charge is 2.20. The summed E-state index contributed by atoms with van der Waals surface area (Å²) in [5.74, 6) is -0.640. The van der Waals surface area contributed by atoms with Crippen LogP contribution in [-0.2, 0) is 9.53 Å². The molecule has 8 nitrogen and oxygen atoms in total. The van der Waals surface area contributed by atoms with Crippen molar-refractivity contribution >= 4 is 33.6 Å². The Labute approximate surface area is 181 Å². The Kier molecular flexibility index (Phi) is 8.87. The van der Waals surface area contributed by atoms with Crippen molar-refractivity contribution in [3.8, 4) is 11.8 Å². The van der Waals surface area contributed by atoms with E-state index in [9.17, 15) is 14.7 Å². The third-order valence-electron chi connectivity index (χ3n) is 4.06. The number of ether oxygens (including phenoxy) is 1. The van der Waals surface area contributed by atoms with E-state index in [0.717, 1.165) is 4.47 Å². The highest BCUT2D eigenvalue weighted by molar-refractivity contribution is 9.10. The van der Waals surface area contributed by atoms with E-state index in [0.29, 0.717) is 36.1 Å². The lowest BCUT2D eigenvalue weighted by atomic mass is 10.0. The molecule has 0 saturated carbocycles. The van der Waals surface area contributed by atoms with Crippen LogP contribution in [0.25, 0.3) is 0 Å². The number of carbonyl (C=O) groups is 2. The van der Waals surface area contributed by atoms with Gasteiger partial charge in [0.1, 0.15) is 11.9 Å². The summed E-state index contributed by atoms with van der Waals surface area (Å²) in [6.07, 6.45) is 2.77. The number of nitriles is 1. The molecule has 4 N–H and O–H groups in total. The van der Waals surface area contributed by atoms with E-state index >= 15 is 0 Å². The summed E-state index contributed by atoms with van der Waals surface area (Å²) < 4.78 is 6.26. The lowest BCUT2D eigenvalue weighted by molar-refractivity contribution is -0.124. The number of hydroxylamine groups is 1. The number of hydrogen-bond donors (Lipinski definition) is 4. The molecule has 9 heteroatoms. The summed E-state index contributed by atoms with van der Waals surface area (Å²) in [5.41, 5.74) is 2.88. The first kappa shape index (κ1) is 22.9. The average Bonchev–Trinajstić information content (AvgIpc) is 2.74. The van der Waals surface area contributed by atoms with Crippen LogP contribution in [0.15, 0.2) is 59.1 Å². The number of phenolic OH excluding ortho intramolecular Hbond substituents is 1. The smallest absolute Gasteiger partial charge is 0.412 e. The molecule has 0 saturated heterocycles. The molecule has 0 spiro atoms. The zero-order valence-electron chi connectivity index (χ0n) is 15.8. The van der Waals surface area contributed by atoms with Crippen LogP contribution >= 0.6 is 15.9 Å². The second-order valence-corrected chi connectivity index (χ2v) is 7.14. The second-order valence-electron chi connectivity index (χ2n) is 6.22. The molecule has 156 valence electrons. The number of phenols is 1. The van der Waals surface area contributed by atoms with Crippen molar-refractivity contribution in [2.45, 2.75) is 25.4 Å². The Hall–Kier alpha value is -3.35. The monoisotopic (exact) mass is 473 g/mol. The minimum atomic E-state index is -0.735. The first-order chi connectivity index (χ1) is 14.4. The highest BCUT2D eigenvalue weighted by atomic mass is 79.9. The lowest BCUT2D eigenvalue weighted by Crippen LogP contribution is -2.18. The molecule has 0 unspecified atom stereocenters. The van der Waals surface area contributed by atoms with Gasteiger partial charge in [-0.15, -0.1) is 0 Å². The molecule has 0 aromatic heterocycles. The third kappa shape index (κ3) is 7.24. The number of allylic oxidation sites excluding steroid dienone is 1. The fourth-order valence-corrected chi connectivity index (χ4v) is 2.99. The summed E-state index contributed by atoms with van der Waals surface area (Å²) in [5, 5.41) is 30.1. The predicted molar refractivity (Wildman–Crippen MR) is 113 cm³/mol. The van der Waals surface area contributed by atoms with Crippen LogP contribution in [0.4, 0.5) is 10.5 Å². The van der Waals surface area contributed by atoms with Gasteiger partial charge in [-0.05, 0) is 61.7 Å². The highest BCUT2D eigenvalue weighted by Crippen LogP contribution is 2.33. The van der Waals surface area contributed by atoms with Crippen molar-refractivity contribution in [3.05, 3.63) is 70.2 Å². The molecule has 0 fully saturated rings. The Bertz CT molecular complexity index is 954. The van der Waals surface area contributed by atoms with Crippen LogP contribution in [0, 0.1) is 11.3 Å². The standard InChI is InChI=1S/C21H20BrN3O5/c22-15-8-11-18(26)17(12-15)19(4-2-1-3-5-20(27)25-29)30-21(28)24-16-9-6-14(13-23)7-10-16/h3,5-12,19,26,29H,1-2,4H2,(H,24,28)(H,25,27)/b5-3+/t19-/m1/s1. The van der Waals surface area contributed by atoms with Gasteiger partial charge in [0.2, 0.25) is 0 Å². The quantitative estimate of drug-likeness (QED) is 0.192. The van der Waals surface area contributed by atoms with E-state index in [1.807, 2.05) is 6.07 Å². The van der Waals surface area contributed by atoms with Crippen molar-refractivity contribution in [1.29, 1.82) is 5.26 Å². The number of amides is 2. The van der Waals surface area contributed by atoms with Gasteiger partial charge >= 0.3 is 6.09 Å². The van der Waals surface area contributed by atoms with E-state index in [-0.39, 0.29) is 5.75 Å². The molecule has 2 aromatic rings. The molecule has 2 amide bonds. The lowest BCUT2D eigenvalue weighted by Gasteiger charge is -2.20. The van der Waals surface area contributed by atoms with Crippen molar-refractivity contribution in [2.24, 2.45) is 0 Å². The number of hydrogen-bond acceptors (Lipinski definition) is 6. The van der Waals surface area contributed by atoms with E-state index in [1.165, 1.54) is 17.6 Å². The van der Waals surface area contributed by atoms with Gasteiger partial charge in [0.05, 0.1) is 11.6 Å². The molecule has 0 radical (unpaired) electrons. The zero-order chi connectivity index (χ0) is 21.9. The minimum absolute atomic E-state index is 0.00965. The van der Waals surface area contributed by atoms with Gasteiger partial charge in [0.15, 0.2) is 0 Å². The predicted octanol–water partition coefficient (Wildman–Crippen LogP) is 4.55. The number of anilines is 1. The van der Waals surface area contributed by atoms with E-state index in [1.54, 1.807) is 42.5 Å². The van der Waals surface area contributed by atoms with Crippen molar-refractivity contribution in [2.75, 3.05) is 5.32 Å². The maximum atomic E-state index is 12.4. The van der Waals surface area contributed by atoms with Crippen molar-refractivity contribution in [3.63, 3.8) is 0 Å². The molecular formula is C21H20BrN3O5. The largest absolute Gasteiger partial charge is 0.508 e. The molecular weight excluding hydrogens is 454 g/mol. The third-order valence-corrected chi connectivity index (χ3v) is 4.56. The molecule has 0 aliphatic rings. The summed E-state index contributed by atoms with van der Waals surface area (Å²) in [6.45, 7) is 0.